The Morgan fingerprint density at radius 2 is 2.30 bits per heavy atom. The summed E-state index contributed by atoms with van der Waals surface area (Å²) in [4.78, 5) is 6.63. The molecule has 0 amide bonds. The van der Waals surface area contributed by atoms with Crippen molar-refractivity contribution >= 4 is 0 Å². The first-order valence-corrected chi connectivity index (χ1v) is 8.19. The van der Waals surface area contributed by atoms with Gasteiger partial charge in [0.1, 0.15) is 18.0 Å². The van der Waals surface area contributed by atoms with Gasteiger partial charge in [0.2, 0.25) is 0 Å². The zero-order valence-electron chi connectivity index (χ0n) is 13.3. The summed E-state index contributed by atoms with van der Waals surface area (Å²) >= 11 is 0. The summed E-state index contributed by atoms with van der Waals surface area (Å²) in [6.45, 7) is 2.65. The maximum atomic E-state index is 6.12. The highest BCUT2D eigenvalue weighted by atomic mass is 16.5. The van der Waals surface area contributed by atoms with Gasteiger partial charge in [-0.3, -0.25) is 14.6 Å². The van der Waals surface area contributed by atoms with Crippen LogP contribution in [0.1, 0.15) is 18.4 Å². The number of hydrogen-bond acceptors (Lipinski definition) is 5. The molecular formula is C17H22N4O2. The molecule has 23 heavy (non-hydrogen) atoms. The molecule has 2 aromatic heterocycles. The number of fused-ring (bicyclic) bond motifs is 1. The van der Waals surface area contributed by atoms with Crippen LogP contribution >= 0.6 is 0 Å². The van der Waals surface area contributed by atoms with E-state index in [0.29, 0.717) is 6.04 Å². The van der Waals surface area contributed by atoms with Crippen LogP contribution in [-0.2, 0) is 18.3 Å². The lowest BCUT2D eigenvalue weighted by atomic mass is 10.1. The van der Waals surface area contributed by atoms with Crippen molar-refractivity contribution in [1.82, 2.24) is 19.7 Å². The van der Waals surface area contributed by atoms with Crippen LogP contribution in [0.4, 0.5) is 0 Å². The highest BCUT2D eigenvalue weighted by Crippen LogP contribution is 2.33. The van der Waals surface area contributed by atoms with E-state index in [0.717, 1.165) is 38.3 Å². The van der Waals surface area contributed by atoms with E-state index in [4.69, 9.17) is 9.47 Å². The molecule has 1 saturated heterocycles. The topological polar surface area (TPSA) is 52.4 Å². The van der Waals surface area contributed by atoms with Crippen molar-refractivity contribution in [3.8, 4) is 5.75 Å². The fourth-order valence-corrected chi connectivity index (χ4v) is 3.69. The van der Waals surface area contributed by atoms with Crippen LogP contribution in [0.5, 0.6) is 5.75 Å². The first kappa shape index (κ1) is 14.7. The lowest BCUT2D eigenvalue weighted by Crippen LogP contribution is -2.51. The number of ether oxygens (including phenoxy) is 2. The molecule has 0 aromatic carbocycles. The van der Waals surface area contributed by atoms with E-state index in [9.17, 15) is 0 Å². The molecule has 6 heteroatoms. The Kier molecular flexibility index (Phi) is 4.01. The molecule has 0 bridgehead atoms. The van der Waals surface area contributed by atoms with Crippen molar-refractivity contribution in [3.05, 3.63) is 42.5 Å². The van der Waals surface area contributed by atoms with Gasteiger partial charge in [-0.1, -0.05) is 0 Å². The minimum absolute atomic E-state index is 0.112. The molecule has 0 unspecified atom stereocenters. The average molecular weight is 314 g/mol. The Balaban J connectivity index is 1.43. The lowest BCUT2D eigenvalue weighted by molar-refractivity contribution is -0.0916. The van der Waals surface area contributed by atoms with Crippen molar-refractivity contribution in [2.45, 2.75) is 37.6 Å². The number of rotatable bonds is 4. The molecule has 0 spiro atoms. The molecule has 0 radical (unpaired) electrons. The van der Waals surface area contributed by atoms with Crippen LogP contribution in [0.15, 0.2) is 36.9 Å². The number of hydrogen-bond donors (Lipinski definition) is 0. The summed E-state index contributed by atoms with van der Waals surface area (Å²) in [6.07, 6.45) is 9.94. The van der Waals surface area contributed by atoms with E-state index >= 15 is 0 Å². The van der Waals surface area contributed by atoms with Gasteiger partial charge in [0.25, 0.3) is 0 Å². The Morgan fingerprint density at radius 1 is 1.35 bits per heavy atom. The van der Waals surface area contributed by atoms with Crippen LogP contribution in [0.3, 0.4) is 0 Å². The lowest BCUT2D eigenvalue weighted by Gasteiger charge is -2.38. The van der Waals surface area contributed by atoms with Crippen LogP contribution in [0.2, 0.25) is 0 Å². The van der Waals surface area contributed by atoms with Crippen molar-refractivity contribution in [1.29, 1.82) is 0 Å². The van der Waals surface area contributed by atoms with Crippen molar-refractivity contribution in [2.75, 3.05) is 13.2 Å². The number of pyridine rings is 1. The molecule has 1 aliphatic heterocycles. The molecule has 1 saturated carbocycles. The quantitative estimate of drug-likeness (QED) is 0.858. The standard InChI is InChI=1S/C17H22N4O2/c1-20-11-13(9-19-20)12-21-7-8-22-17-15(21)4-5-16(17)23-14-3-2-6-18-10-14/h2-3,6,9-11,15-17H,4-5,7-8,12H2,1H3/t15-,16-,17+/m0/s1. The van der Waals surface area contributed by atoms with Crippen molar-refractivity contribution in [3.63, 3.8) is 0 Å². The third kappa shape index (κ3) is 3.09. The van der Waals surface area contributed by atoms with E-state index < -0.39 is 0 Å². The molecule has 122 valence electrons. The van der Waals surface area contributed by atoms with Gasteiger partial charge in [0.05, 0.1) is 19.0 Å². The maximum absolute atomic E-state index is 6.12. The van der Waals surface area contributed by atoms with Gasteiger partial charge in [0, 0.05) is 44.1 Å². The van der Waals surface area contributed by atoms with Gasteiger partial charge in [-0.05, 0) is 25.0 Å². The van der Waals surface area contributed by atoms with E-state index in [1.165, 1.54) is 5.56 Å². The fraction of sp³-hybridized carbons (Fsp3) is 0.529. The van der Waals surface area contributed by atoms with Gasteiger partial charge >= 0.3 is 0 Å². The average Bonchev–Trinajstić information content (AvgIpc) is 3.16. The van der Waals surface area contributed by atoms with Gasteiger partial charge in [0.15, 0.2) is 0 Å². The van der Waals surface area contributed by atoms with Crippen molar-refractivity contribution < 1.29 is 9.47 Å². The Labute approximate surface area is 136 Å². The molecule has 6 nitrogen and oxygen atoms in total. The van der Waals surface area contributed by atoms with E-state index in [-0.39, 0.29) is 12.2 Å². The summed E-state index contributed by atoms with van der Waals surface area (Å²) < 4.78 is 14.0. The SMILES string of the molecule is Cn1cc(CN2CCO[C@H]3[C@@H](Oc4cccnc4)CC[C@@H]32)cn1. The summed E-state index contributed by atoms with van der Waals surface area (Å²) in [6, 6.07) is 4.28. The summed E-state index contributed by atoms with van der Waals surface area (Å²) in [5, 5.41) is 4.27. The minimum atomic E-state index is 0.112. The maximum Gasteiger partial charge on any atom is 0.138 e. The normalized spacial score (nSPS) is 27.8. The molecule has 2 aliphatic rings. The number of nitrogens with zero attached hydrogens (tertiary/aromatic N) is 4. The number of morpholine rings is 1. The van der Waals surface area contributed by atoms with Gasteiger partial charge in [-0.15, -0.1) is 0 Å². The number of aryl methyl sites for hydroxylation is 1. The van der Waals surface area contributed by atoms with Gasteiger partial charge in [-0.25, -0.2) is 0 Å². The Morgan fingerprint density at radius 3 is 3.09 bits per heavy atom. The zero-order valence-corrected chi connectivity index (χ0v) is 13.3. The molecule has 2 fully saturated rings. The molecule has 2 aromatic rings. The molecule has 4 rings (SSSR count). The molecule has 3 heterocycles. The van der Waals surface area contributed by atoms with E-state index in [1.807, 2.05) is 30.1 Å². The Hall–Kier alpha value is -1.92. The third-order valence-corrected chi connectivity index (χ3v) is 4.72. The largest absolute Gasteiger partial charge is 0.486 e. The number of aromatic nitrogens is 3. The van der Waals surface area contributed by atoms with Crippen LogP contribution in [0.25, 0.3) is 0 Å². The highest BCUT2D eigenvalue weighted by molar-refractivity contribution is 5.17. The second-order valence-corrected chi connectivity index (χ2v) is 6.32. The van der Waals surface area contributed by atoms with Crippen LogP contribution < -0.4 is 4.74 Å². The molecule has 0 N–H and O–H groups in total. The summed E-state index contributed by atoms with van der Waals surface area (Å²) in [5.74, 6) is 0.825. The predicted molar refractivity (Wildman–Crippen MR) is 85.0 cm³/mol. The summed E-state index contributed by atoms with van der Waals surface area (Å²) in [7, 11) is 1.96. The fourth-order valence-electron chi connectivity index (χ4n) is 3.69. The van der Waals surface area contributed by atoms with E-state index in [1.54, 1.807) is 12.4 Å². The van der Waals surface area contributed by atoms with Gasteiger partial charge < -0.3 is 9.47 Å². The van der Waals surface area contributed by atoms with Crippen molar-refractivity contribution in [2.24, 2.45) is 7.05 Å². The second-order valence-electron chi connectivity index (χ2n) is 6.32. The Bertz CT molecular complexity index is 645. The minimum Gasteiger partial charge on any atom is -0.486 e. The molecule has 3 atom stereocenters. The third-order valence-electron chi connectivity index (χ3n) is 4.72. The first-order chi connectivity index (χ1) is 11.3. The predicted octanol–water partition coefficient (Wildman–Crippen LogP) is 1.63. The highest BCUT2D eigenvalue weighted by Gasteiger charge is 2.44. The van der Waals surface area contributed by atoms with E-state index in [2.05, 4.69) is 21.2 Å². The molecular weight excluding hydrogens is 292 g/mol. The van der Waals surface area contributed by atoms with Gasteiger partial charge in [-0.2, -0.15) is 5.10 Å². The van der Waals surface area contributed by atoms with Crippen LogP contribution in [0, 0.1) is 0 Å². The monoisotopic (exact) mass is 314 g/mol. The van der Waals surface area contributed by atoms with Crippen LogP contribution in [-0.4, -0.2) is 51.1 Å². The smallest absolute Gasteiger partial charge is 0.138 e. The first-order valence-electron chi connectivity index (χ1n) is 8.19. The zero-order chi connectivity index (χ0) is 15.6. The molecule has 1 aliphatic carbocycles. The summed E-state index contributed by atoms with van der Waals surface area (Å²) in [5.41, 5.74) is 1.25. The second kappa shape index (κ2) is 6.29.